The molecule has 1 amide bonds. The molecule has 1 spiro atoms. The van der Waals surface area contributed by atoms with Crippen LogP contribution in [0, 0.1) is 0 Å². The van der Waals surface area contributed by atoms with E-state index in [1.54, 1.807) is 0 Å². The van der Waals surface area contributed by atoms with Gasteiger partial charge in [0.15, 0.2) is 0 Å². The Morgan fingerprint density at radius 1 is 1.33 bits per heavy atom. The van der Waals surface area contributed by atoms with Crippen molar-refractivity contribution in [1.82, 2.24) is 5.32 Å². The third-order valence-electron chi connectivity index (χ3n) is 2.90. The molecule has 0 bridgehead atoms. The number of hydrogen-bond donors (Lipinski definition) is 1. The highest BCUT2D eigenvalue weighted by molar-refractivity contribution is 5.76. The fraction of sp³-hybridized carbons (Fsp3) is 0.889. The molecule has 2 aliphatic heterocycles. The van der Waals surface area contributed by atoms with Crippen LogP contribution in [0.25, 0.3) is 0 Å². The van der Waals surface area contributed by atoms with Crippen molar-refractivity contribution in [2.24, 2.45) is 0 Å². The summed E-state index contributed by atoms with van der Waals surface area (Å²) in [4.78, 5) is 11.1. The van der Waals surface area contributed by atoms with E-state index in [0.717, 1.165) is 38.8 Å². The van der Waals surface area contributed by atoms with Crippen LogP contribution < -0.4 is 5.32 Å². The van der Waals surface area contributed by atoms with Gasteiger partial charge in [-0.3, -0.25) is 4.79 Å². The van der Waals surface area contributed by atoms with Crippen LogP contribution >= 0.6 is 0 Å². The van der Waals surface area contributed by atoms with Crippen molar-refractivity contribution in [1.29, 1.82) is 0 Å². The van der Waals surface area contributed by atoms with Crippen molar-refractivity contribution in [3.8, 4) is 0 Å². The third-order valence-corrected chi connectivity index (χ3v) is 2.90. The molecular formula is C9H15NO2. The van der Waals surface area contributed by atoms with Crippen LogP contribution in [0.15, 0.2) is 0 Å². The van der Waals surface area contributed by atoms with Crippen LogP contribution in [0.2, 0.25) is 0 Å². The van der Waals surface area contributed by atoms with Gasteiger partial charge in [-0.05, 0) is 25.7 Å². The van der Waals surface area contributed by atoms with E-state index >= 15 is 0 Å². The fourth-order valence-electron chi connectivity index (χ4n) is 2.13. The van der Waals surface area contributed by atoms with E-state index in [1.807, 2.05) is 0 Å². The van der Waals surface area contributed by atoms with Gasteiger partial charge in [0, 0.05) is 19.6 Å². The molecule has 2 heterocycles. The molecular weight excluding hydrogens is 154 g/mol. The van der Waals surface area contributed by atoms with Crippen LogP contribution in [-0.2, 0) is 9.53 Å². The topological polar surface area (TPSA) is 38.3 Å². The van der Waals surface area contributed by atoms with Crippen molar-refractivity contribution >= 4 is 5.91 Å². The fourth-order valence-corrected chi connectivity index (χ4v) is 2.13. The summed E-state index contributed by atoms with van der Waals surface area (Å²) >= 11 is 0. The average molecular weight is 169 g/mol. The van der Waals surface area contributed by atoms with E-state index in [-0.39, 0.29) is 11.5 Å². The molecule has 0 aromatic carbocycles. The molecule has 2 fully saturated rings. The Hall–Kier alpha value is -0.570. The maximum absolute atomic E-state index is 11.1. The number of carbonyl (C=O) groups excluding carboxylic acids is 1. The van der Waals surface area contributed by atoms with E-state index in [4.69, 9.17) is 4.74 Å². The smallest absolute Gasteiger partial charge is 0.220 e. The van der Waals surface area contributed by atoms with Crippen molar-refractivity contribution in [3.63, 3.8) is 0 Å². The summed E-state index contributed by atoms with van der Waals surface area (Å²) in [6.07, 6.45) is 4.85. The van der Waals surface area contributed by atoms with Gasteiger partial charge in [0.2, 0.25) is 5.91 Å². The summed E-state index contributed by atoms with van der Waals surface area (Å²) in [6, 6.07) is 0. The van der Waals surface area contributed by atoms with Crippen LogP contribution in [-0.4, -0.2) is 24.7 Å². The molecule has 2 saturated heterocycles. The Balaban J connectivity index is 2.01. The Morgan fingerprint density at radius 2 is 2.25 bits per heavy atom. The quantitative estimate of drug-likeness (QED) is 0.583. The normalized spacial score (nSPS) is 36.5. The van der Waals surface area contributed by atoms with Crippen molar-refractivity contribution < 1.29 is 9.53 Å². The predicted octanol–water partition coefficient (Wildman–Crippen LogP) is 0.836. The molecule has 0 aliphatic carbocycles. The number of carbonyl (C=O) groups is 1. The summed E-state index contributed by atoms with van der Waals surface area (Å²) in [5.74, 6) is 0.183. The highest BCUT2D eigenvalue weighted by atomic mass is 16.5. The van der Waals surface area contributed by atoms with E-state index < -0.39 is 0 Å². The zero-order valence-electron chi connectivity index (χ0n) is 7.27. The highest BCUT2D eigenvalue weighted by Crippen LogP contribution is 2.34. The molecule has 0 unspecified atom stereocenters. The van der Waals surface area contributed by atoms with E-state index in [1.165, 1.54) is 0 Å². The van der Waals surface area contributed by atoms with E-state index in [2.05, 4.69) is 5.32 Å². The molecule has 3 nitrogen and oxygen atoms in total. The first kappa shape index (κ1) is 8.05. The Kier molecular flexibility index (Phi) is 2.05. The maximum atomic E-state index is 11.1. The standard InChI is InChI=1S/C9H15NO2/c11-8-2-4-9(5-6-10-8)3-1-7-12-9/h1-7H2,(H,10,11)/t9-/m0/s1. The summed E-state index contributed by atoms with van der Waals surface area (Å²) < 4.78 is 5.72. The molecule has 2 aliphatic rings. The molecule has 0 saturated carbocycles. The van der Waals surface area contributed by atoms with Gasteiger partial charge in [0.05, 0.1) is 5.60 Å². The van der Waals surface area contributed by atoms with Gasteiger partial charge in [-0.1, -0.05) is 0 Å². The molecule has 0 radical (unpaired) electrons. The first-order chi connectivity index (χ1) is 5.81. The lowest BCUT2D eigenvalue weighted by molar-refractivity contribution is -0.121. The minimum Gasteiger partial charge on any atom is -0.375 e. The third kappa shape index (κ3) is 1.46. The largest absolute Gasteiger partial charge is 0.375 e. The Labute approximate surface area is 72.5 Å². The Morgan fingerprint density at radius 3 is 3.00 bits per heavy atom. The molecule has 2 rings (SSSR count). The molecule has 1 atom stereocenters. The van der Waals surface area contributed by atoms with Crippen LogP contribution in [0.4, 0.5) is 0 Å². The predicted molar refractivity (Wildman–Crippen MR) is 44.8 cm³/mol. The zero-order chi connectivity index (χ0) is 8.44. The zero-order valence-corrected chi connectivity index (χ0v) is 7.27. The molecule has 12 heavy (non-hydrogen) atoms. The van der Waals surface area contributed by atoms with Crippen LogP contribution in [0.1, 0.15) is 32.1 Å². The van der Waals surface area contributed by atoms with Crippen molar-refractivity contribution in [3.05, 3.63) is 0 Å². The Bertz CT molecular complexity index is 185. The van der Waals surface area contributed by atoms with Crippen molar-refractivity contribution in [2.75, 3.05) is 13.2 Å². The molecule has 3 heteroatoms. The summed E-state index contributed by atoms with van der Waals surface area (Å²) in [7, 11) is 0. The number of nitrogens with one attached hydrogen (secondary N) is 1. The second kappa shape index (κ2) is 3.05. The molecule has 0 aromatic rings. The lowest BCUT2D eigenvalue weighted by atomic mass is 9.92. The first-order valence-corrected chi connectivity index (χ1v) is 4.71. The summed E-state index contributed by atoms with van der Waals surface area (Å²) in [5, 5.41) is 2.88. The van der Waals surface area contributed by atoms with Gasteiger partial charge in [0.1, 0.15) is 0 Å². The lowest BCUT2D eigenvalue weighted by Crippen LogP contribution is -2.28. The number of hydrogen-bond acceptors (Lipinski definition) is 2. The van der Waals surface area contributed by atoms with E-state index in [0.29, 0.717) is 6.42 Å². The number of amides is 1. The average Bonchev–Trinajstić information content (AvgIpc) is 2.42. The van der Waals surface area contributed by atoms with Crippen LogP contribution in [0.3, 0.4) is 0 Å². The second-order valence-electron chi connectivity index (χ2n) is 3.73. The van der Waals surface area contributed by atoms with E-state index in [9.17, 15) is 4.79 Å². The minimum atomic E-state index is 0.0547. The monoisotopic (exact) mass is 169 g/mol. The minimum absolute atomic E-state index is 0.0547. The van der Waals surface area contributed by atoms with Crippen LogP contribution in [0.5, 0.6) is 0 Å². The second-order valence-corrected chi connectivity index (χ2v) is 3.73. The molecule has 68 valence electrons. The summed E-state index contributed by atoms with van der Waals surface area (Å²) in [5.41, 5.74) is 0.0547. The first-order valence-electron chi connectivity index (χ1n) is 4.71. The van der Waals surface area contributed by atoms with Gasteiger partial charge < -0.3 is 10.1 Å². The number of rotatable bonds is 0. The van der Waals surface area contributed by atoms with Gasteiger partial charge in [-0.25, -0.2) is 0 Å². The van der Waals surface area contributed by atoms with Gasteiger partial charge >= 0.3 is 0 Å². The van der Waals surface area contributed by atoms with Gasteiger partial charge in [-0.15, -0.1) is 0 Å². The maximum Gasteiger partial charge on any atom is 0.220 e. The molecule has 0 aromatic heterocycles. The molecule has 1 N–H and O–H groups in total. The van der Waals surface area contributed by atoms with Gasteiger partial charge in [0.25, 0.3) is 0 Å². The number of ether oxygens (including phenoxy) is 1. The highest BCUT2D eigenvalue weighted by Gasteiger charge is 2.36. The summed E-state index contributed by atoms with van der Waals surface area (Å²) in [6.45, 7) is 1.67. The lowest BCUT2D eigenvalue weighted by Gasteiger charge is -2.25. The van der Waals surface area contributed by atoms with Crippen molar-refractivity contribution in [2.45, 2.75) is 37.7 Å². The van der Waals surface area contributed by atoms with Gasteiger partial charge in [-0.2, -0.15) is 0 Å². The SMILES string of the molecule is O=C1CC[C@@]2(CCCO2)CCN1.